The molecule has 0 bridgehead atoms. The molecule has 0 amide bonds. The number of nitrogens with one attached hydrogen (secondary N) is 1. The predicted molar refractivity (Wildman–Crippen MR) is 87.6 cm³/mol. The molecule has 0 radical (unpaired) electrons. The lowest BCUT2D eigenvalue weighted by molar-refractivity contribution is 0.405. The summed E-state index contributed by atoms with van der Waals surface area (Å²) in [6, 6.07) is 6.52. The van der Waals surface area contributed by atoms with E-state index in [0.717, 1.165) is 35.6 Å². The number of hydrogen-bond acceptors (Lipinski definition) is 5. The molecule has 1 aliphatic rings. The molecule has 3 heterocycles. The van der Waals surface area contributed by atoms with Gasteiger partial charge in [-0.25, -0.2) is 4.98 Å². The fraction of sp³-hybridized carbons (Fsp3) is 0.400. The van der Waals surface area contributed by atoms with Crippen LogP contribution < -0.4 is 10.2 Å². The summed E-state index contributed by atoms with van der Waals surface area (Å²) in [4.78, 5) is 7.11. The highest BCUT2D eigenvalue weighted by atomic mass is 35.5. The largest absolute Gasteiger partial charge is 0.350 e. The van der Waals surface area contributed by atoms with Gasteiger partial charge in [0.25, 0.3) is 0 Å². The van der Waals surface area contributed by atoms with Gasteiger partial charge in [-0.15, -0.1) is 10.2 Å². The van der Waals surface area contributed by atoms with E-state index in [1.807, 2.05) is 22.6 Å². The monoisotopic (exact) mass is 316 g/mol. The Morgan fingerprint density at radius 3 is 2.77 bits per heavy atom. The average Bonchev–Trinajstić information content (AvgIpc) is 2.95. The van der Waals surface area contributed by atoms with Crippen molar-refractivity contribution in [3.05, 3.63) is 29.5 Å². The highest BCUT2D eigenvalue weighted by Crippen LogP contribution is 2.26. The summed E-state index contributed by atoms with van der Waals surface area (Å²) in [5, 5.41) is 12.5. The van der Waals surface area contributed by atoms with E-state index in [1.54, 1.807) is 6.33 Å². The third kappa shape index (κ3) is 2.19. The molecule has 1 fully saturated rings. The number of nitrogens with zero attached hydrogens (tertiary/aromatic N) is 5. The van der Waals surface area contributed by atoms with Crippen LogP contribution in [0, 0.1) is 0 Å². The minimum absolute atomic E-state index is 0.412. The quantitative estimate of drug-likeness (QED) is 0.745. The fourth-order valence-electron chi connectivity index (χ4n) is 3.22. The van der Waals surface area contributed by atoms with Crippen molar-refractivity contribution in [3.63, 3.8) is 0 Å². The fourth-order valence-corrected chi connectivity index (χ4v) is 3.39. The zero-order valence-electron chi connectivity index (χ0n) is 12.5. The van der Waals surface area contributed by atoms with Gasteiger partial charge in [-0.1, -0.05) is 11.6 Å². The Morgan fingerprint density at radius 1 is 1.23 bits per heavy atom. The molecule has 4 rings (SSSR count). The molecule has 1 N–H and O–H groups in total. The summed E-state index contributed by atoms with van der Waals surface area (Å²) in [7, 11) is 0. The van der Waals surface area contributed by atoms with Crippen molar-refractivity contribution in [1.29, 1.82) is 0 Å². The maximum atomic E-state index is 6.11. The van der Waals surface area contributed by atoms with Gasteiger partial charge in [-0.2, -0.15) is 0 Å². The molecule has 114 valence electrons. The van der Waals surface area contributed by atoms with E-state index in [-0.39, 0.29) is 0 Å². The molecule has 0 aliphatic carbocycles. The van der Waals surface area contributed by atoms with Crippen LogP contribution in [-0.4, -0.2) is 44.8 Å². The number of piperazine rings is 1. The van der Waals surface area contributed by atoms with Crippen molar-refractivity contribution in [1.82, 2.24) is 24.9 Å². The number of rotatable bonds is 1. The predicted octanol–water partition coefficient (Wildman–Crippen LogP) is 2.12. The number of hydrogen-bond donors (Lipinski definition) is 1. The van der Waals surface area contributed by atoms with Crippen molar-refractivity contribution in [2.45, 2.75) is 25.9 Å². The van der Waals surface area contributed by atoms with E-state index in [2.05, 4.69) is 34.3 Å². The first-order chi connectivity index (χ1) is 10.6. The van der Waals surface area contributed by atoms with E-state index in [1.165, 1.54) is 0 Å². The Hall–Kier alpha value is -1.92. The van der Waals surface area contributed by atoms with Crippen LogP contribution in [0.2, 0.25) is 5.02 Å². The molecule has 22 heavy (non-hydrogen) atoms. The van der Waals surface area contributed by atoms with Crippen LogP contribution in [0.4, 0.5) is 5.82 Å². The maximum Gasteiger partial charge on any atom is 0.204 e. The second-order valence-corrected chi connectivity index (χ2v) is 6.40. The topological polar surface area (TPSA) is 58.4 Å². The van der Waals surface area contributed by atoms with Crippen LogP contribution in [0.3, 0.4) is 0 Å². The molecule has 6 nitrogen and oxygen atoms in total. The van der Waals surface area contributed by atoms with Crippen LogP contribution in [-0.2, 0) is 0 Å². The smallest absolute Gasteiger partial charge is 0.204 e. The van der Waals surface area contributed by atoms with Crippen molar-refractivity contribution in [2.24, 2.45) is 0 Å². The second kappa shape index (κ2) is 5.07. The maximum absolute atomic E-state index is 6.11. The van der Waals surface area contributed by atoms with Crippen molar-refractivity contribution >= 4 is 34.1 Å². The average molecular weight is 317 g/mol. The highest BCUT2D eigenvalue weighted by molar-refractivity contribution is 6.31. The van der Waals surface area contributed by atoms with Crippen LogP contribution in [0.15, 0.2) is 24.5 Å². The Kier molecular flexibility index (Phi) is 3.16. The lowest BCUT2D eigenvalue weighted by atomic mass is 10.1. The van der Waals surface area contributed by atoms with E-state index in [0.29, 0.717) is 17.1 Å². The second-order valence-electron chi connectivity index (χ2n) is 5.97. The van der Waals surface area contributed by atoms with Gasteiger partial charge in [-0.05, 0) is 32.0 Å². The van der Waals surface area contributed by atoms with Gasteiger partial charge in [0, 0.05) is 30.2 Å². The third-order valence-corrected chi connectivity index (χ3v) is 4.26. The van der Waals surface area contributed by atoms with Crippen LogP contribution in [0.25, 0.3) is 16.7 Å². The summed E-state index contributed by atoms with van der Waals surface area (Å²) in [6.45, 7) is 6.17. The van der Waals surface area contributed by atoms with E-state index in [9.17, 15) is 0 Å². The number of fused-ring (bicyclic) bond motifs is 3. The highest BCUT2D eigenvalue weighted by Gasteiger charge is 2.25. The van der Waals surface area contributed by atoms with E-state index >= 15 is 0 Å². The Bertz CT molecular complexity index is 835. The number of benzene rings is 1. The number of anilines is 1. The van der Waals surface area contributed by atoms with E-state index in [4.69, 9.17) is 16.6 Å². The number of aromatic nitrogens is 4. The zero-order valence-corrected chi connectivity index (χ0v) is 13.2. The normalized spacial score (nSPS) is 22.6. The summed E-state index contributed by atoms with van der Waals surface area (Å²) in [5.41, 5.74) is 2.59. The van der Waals surface area contributed by atoms with Crippen LogP contribution in [0.1, 0.15) is 13.8 Å². The molecule has 0 unspecified atom stereocenters. The Labute approximate surface area is 133 Å². The minimum atomic E-state index is 0.412. The molecule has 1 saturated heterocycles. The first-order valence-electron chi connectivity index (χ1n) is 7.42. The summed E-state index contributed by atoms with van der Waals surface area (Å²) >= 11 is 6.11. The molecule has 2 atom stereocenters. The molecular formula is C15H17ClN6. The zero-order chi connectivity index (χ0) is 15.3. The summed E-state index contributed by atoms with van der Waals surface area (Å²) < 4.78 is 1.96. The Morgan fingerprint density at radius 2 is 2.00 bits per heavy atom. The molecule has 1 aromatic carbocycles. The first-order valence-corrected chi connectivity index (χ1v) is 7.79. The number of halogens is 1. The van der Waals surface area contributed by atoms with Crippen molar-refractivity contribution in [2.75, 3.05) is 18.0 Å². The van der Waals surface area contributed by atoms with Crippen molar-refractivity contribution < 1.29 is 0 Å². The molecule has 3 aromatic rings. The van der Waals surface area contributed by atoms with Gasteiger partial charge < -0.3 is 10.2 Å². The lowest BCUT2D eigenvalue weighted by Gasteiger charge is -2.36. The van der Waals surface area contributed by atoms with Gasteiger partial charge in [-0.3, -0.25) is 4.40 Å². The van der Waals surface area contributed by atoms with Gasteiger partial charge in [0.1, 0.15) is 6.33 Å². The first kappa shape index (κ1) is 13.7. The van der Waals surface area contributed by atoms with Gasteiger partial charge in [0.2, 0.25) is 5.65 Å². The SMILES string of the molecule is C[C@@H]1CN(c2nc3ccc(Cl)cc3n3cnnc23)C[C@H](C)N1. The van der Waals surface area contributed by atoms with Gasteiger partial charge in [0.05, 0.1) is 11.0 Å². The van der Waals surface area contributed by atoms with Crippen LogP contribution in [0.5, 0.6) is 0 Å². The molecule has 0 spiro atoms. The molecule has 0 saturated carbocycles. The molecule has 2 aromatic heterocycles. The van der Waals surface area contributed by atoms with Crippen molar-refractivity contribution in [3.8, 4) is 0 Å². The molecule has 7 heteroatoms. The summed E-state index contributed by atoms with van der Waals surface area (Å²) in [5.74, 6) is 0.882. The minimum Gasteiger partial charge on any atom is -0.350 e. The van der Waals surface area contributed by atoms with Gasteiger partial charge >= 0.3 is 0 Å². The van der Waals surface area contributed by atoms with Gasteiger partial charge in [0.15, 0.2) is 5.82 Å². The molecule has 1 aliphatic heterocycles. The van der Waals surface area contributed by atoms with E-state index < -0.39 is 0 Å². The lowest BCUT2D eigenvalue weighted by Crippen LogP contribution is -2.54. The third-order valence-electron chi connectivity index (χ3n) is 4.03. The molecular weight excluding hydrogens is 300 g/mol. The summed E-state index contributed by atoms with van der Waals surface area (Å²) in [6.07, 6.45) is 1.72. The Balaban J connectivity index is 1.92. The van der Waals surface area contributed by atoms with Crippen LogP contribution >= 0.6 is 11.6 Å². The standard InChI is InChI=1S/C15H17ClN6/c1-9-6-21(7-10(2)18-9)14-15-20-17-8-22(15)13-5-11(16)3-4-12(13)19-14/h3-5,8-10,18H,6-7H2,1-2H3/t9-,10+.